The van der Waals surface area contributed by atoms with Crippen LogP contribution in [0.5, 0.6) is 17.2 Å². The third kappa shape index (κ3) is 8.85. The molecule has 0 saturated carbocycles. The fourth-order valence-electron chi connectivity index (χ4n) is 2.76. The van der Waals surface area contributed by atoms with E-state index in [4.69, 9.17) is 18.9 Å². The van der Waals surface area contributed by atoms with Crippen molar-refractivity contribution in [3.05, 3.63) is 17.7 Å². The van der Waals surface area contributed by atoms with Crippen molar-refractivity contribution in [1.82, 2.24) is 0 Å². The molecule has 1 aromatic rings. The molecule has 0 aliphatic carbocycles. The molecular weight excluding hydrogens is 356 g/mol. The van der Waals surface area contributed by atoms with Gasteiger partial charge < -0.3 is 18.9 Å². The number of carbonyl (C=O) groups excluding carboxylic acids is 1. The van der Waals surface area contributed by atoms with Gasteiger partial charge in [-0.2, -0.15) is 0 Å². The summed E-state index contributed by atoms with van der Waals surface area (Å²) >= 11 is 0. The summed E-state index contributed by atoms with van der Waals surface area (Å²) in [6, 6.07) is 3.40. The number of hydrogen-bond acceptors (Lipinski definition) is 5. The normalized spacial score (nSPS) is 10.6. The van der Waals surface area contributed by atoms with Crippen LogP contribution >= 0.6 is 0 Å². The van der Waals surface area contributed by atoms with Gasteiger partial charge >= 0.3 is 5.97 Å². The minimum Gasteiger partial charge on any atom is -0.490 e. The zero-order chi connectivity index (χ0) is 20.6. The van der Waals surface area contributed by atoms with Gasteiger partial charge in [0.2, 0.25) is 5.75 Å². The van der Waals surface area contributed by atoms with Crippen LogP contribution in [0.2, 0.25) is 0 Å². The highest BCUT2D eigenvalue weighted by Gasteiger charge is 2.19. The van der Waals surface area contributed by atoms with Crippen LogP contribution in [0.15, 0.2) is 12.1 Å². The van der Waals surface area contributed by atoms with Gasteiger partial charge in [0.05, 0.1) is 32.5 Å². The molecule has 0 amide bonds. The van der Waals surface area contributed by atoms with Crippen molar-refractivity contribution >= 4 is 5.97 Å². The summed E-state index contributed by atoms with van der Waals surface area (Å²) in [7, 11) is 1.38. The summed E-state index contributed by atoms with van der Waals surface area (Å²) in [4.78, 5) is 12.1. The van der Waals surface area contributed by atoms with Crippen molar-refractivity contribution in [3.8, 4) is 17.2 Å². The average Bonchev–Trinajstić information content (AvgIpc) is 2.71. The second-order valence-corrected chi connectivity index (χ2v) is 6.96. The highest BCUT2D eigenvalue weighted by Crippen LogP contribution is 2.39. The van der Waals surface area contributed by atoms with Gasteiger partial charge in [-0.3, -0.25) is 0 Å². The maximum absolute atomic E-state index is 12.1. The van der Waals surface area contributed by atoms with Gasteiger partial charge in [0.1, 0.15) is 0 Å². The molecule has 28 heavy (non-hydrogen) atoms. The summed E-state index contributed by atoms with van der Waals surface area (Å²) in [6.45, 7) is 8.24. The predicted octanol–water partition coefficient (Wildman–Crippen LogP) is 6.18. The smallest absolute Gasteiger partial charge is 0.338 e. The molecule has 0 bridgehead atoms. The molecule has 160 valence electrons. The zero-order valence-electron chi connectivity index (χ0n) is 18.2. The number of esters is 1. The Labute approximate surface area is 170 Å². The second kappa shape index (κ2) is 15.1. The molecule has 0 radical (unpaired) electrons. The lowest BCUT2D eigenvalue weighted by Gasteiger charge is -2.18. The standard InChI is InChI=1S/C23H38O5/c1-5-8-11-14-26-20-17-19(23(24)25-4)18-21(27-15-12-9-6-2)22(20)28-16-13-10-7-3/h17-18H,5-16H2,1-4H3. The monoisotopic (exact) mass is 394 g/mol. The Morgan fingerprint density at radius 2 is 1.14 bits per heavy atom. The molecule has 0 fully saturated rings. The molecule has 5 nitrogen and oxygen atoms in total. The summed E-state index contributed by atoms with van der Waals surface area (Å²) < 4.78 is 22.9. The van der Waals surface area contributed by atoms with Crippen LogP contribution in [0, 0.1) is 0 Å². The van der Waals surface area contributed by atoms with Crippen molar-refractivity contribution in [2.75, 3.05) is 26.9 Å². The van der Waals surface area contributed by atoms with Crippen LogP contribution in [-0.2, 0) is 4.74 Å². The summed E-state index contributed by atoms with van der Waals surface area (Å²) in [6.07, 6.45) is 9.58. The number of unbranched alkanes of at least 4 members (excludes halogenated alkanes) is 6. The Hall–Kier alpha value is -1.91. The average molecular weight is 395 g/mol. The topological polar surface area (TPSA) is 54.0 Å². The molecule has 1 aromatic carbocycles. The number of rotatable bonds is 16. The van der Waals surface area contributed by atoms with Crippen LogP contribution in [0.1, 0.15) is 88.9 Å². The number of carbonyl (C=O) groups is 1. The van der Waals surface area contributed by atoms with Crippen molar-refractivity contribution < 1.29 is 23.7 Å². The Morgan fingerprint density at radius 1 is 0.714 bits per heavy atom. The van der Waals surface area contributed by atoms with Crippen molar-refractivity contribution in [2.45, 2.75) is 78.6 Å². The van der Waals surface area contributed by atoms with E-state index in [2.05, 4.69) is 20.8 Å². The third-order valence-corrected chi connectivity index (χ3v) is 4.45. The van der Waals surface area contributed by atoms with E-state index < -0.39 is 5.97 Å². The van der Waals surface area contributed by atoms with Crippen LogP contribution in [0.25, 0.3) is 0 Å². The van der Waals surface area contributed by atoms with Crippen LogP contribution < -0.4 is 14.2 Å². The first-order valence-corrected chi connectivity index (χ1v) is 10.8. The van der Waals surface area contributed by atoms with Gasteiger partial charge in [-0.05, 0) is 31.4 Å². The third-order valence-electron chi connectivity index (χ3n) is 4.45. The molecule has 0 N–H and O–H groups in total. The van der Waals surface area contributed by atoms with Crippen LogP contribution in [-0.4, -0.2) is 32.9 Å². The SMILES string of the molecule is CCCCCOc1cc(C(=O)OC)cc(OCCCCC)c1OCCCCC. The number of methoxy groups -OCH3 is 1. The predicted molar refractivity (Wildman–Crippen MR) is 113 cm³/mol. The Bertz CT molecular complexity index is 523. The zero-order valence-corrected chi connectivity index (χ0v) is 18.2. The fourth-order valence-corrected chi connectivity index (χ4v) is 2.76. The maximum Gasteiger partial charge on any atom is 0.338 e. The molecular formula is C23H38O5. The molecule has 0 unspecified atom stereocenters. The lowest BCUT2D eigenvalue weighted by molar-refractivity contribution is 0.0599. The van der Waals surface area contributed by atoms with Crippen LogP contribution in [0.4, 0.5) is 0 Å². The van der Waals surface area contributed by atoms with Crippen molar-refractivity contribution in [3.63, 3.8) is 0 Å². The van der Waals surface area contributed by atoms with Gasteiger partial charge in [-0.1, -0.05) is 59.3 Å². The Balaban J connectivity index is 3.05. The quantitative estimate of drug-likeness (QED) is 0.247. The molecule has 1 rings (SSSR count). The van der Waals surface area contributed by atoms with Gasteiger partial charge in [0.15, 0.2) is 11.5 Å². The lowest BCUT2D eigenvalue weighted by Crippen LogP contribution is -2.09. The molecule has 5 heteroatoms. The maximum atomic E-state index is 12.1. The first-order chi connectivity index (χ1) is 13.7. The van der Waals surface area contributed by atoms with E-state index in [1.165, 1.54) is 7.11 Å². The van der Waals surface area contributed by atoms with Crippen molar-refractivity contribution in [1.29, 1.82) is 0 Å². The molecule has 0 saturated heterocycles. The highest BCUT2D eigenvalue weighted by molar-refractivity contribution is 5.91. The fraction of sp³-hybridized carbons (Fsp3) is 0.696. The van der Waals surface area contributed by atoms with Gasteiger partial charge in [0, 0.05) is 0 Å². The minimum atomic E-state index is -0.408. The minimum absolute atomic E-state index is 0.408. The number of ether oxygens (including phenoxy) is 4. The van der Waals surface area contributed by atoms with Gasteiger partial charge in [-0.15, -0.1) is 0 Å². The van der Waals surface area contributed by atoms with Crippen LogP contribution in [0.3, 0.4) is 0 Å². The van der Waals surface area contributed by atoms with E-state index in [1.807, 2.05) is 0 Å². The Kier molecular flexibility index (Phi) is 13.0. The summed E-state index contributed by atoms with van der Waals surface area (Å²) in [5.41, 5.74) is 0.416. The van der Waals surface area contributed by atoms with E-state index in [0.717, 1.165) is 57.8 Å². The molecule has 0 heterocycles. The Morgan fingerprint density at radius 3 is 1.54 bits per heavy atom. The first kappa shape index (κ1) is 24.1. The lowest BCUT2D eigenvalue weighted by atomic mass is 10.1. The van der Waals surface area contributed by atoms with Gasteiger partial charge in [-0.25, -0.2) is 4.79 Å². The number of hydrogen-bond donors (Lipinski definition) is 0. The van der Waals surface area contributed by atoms with Gasteiger partial charge in [0.25, 0.3) is 0 Å². The molecule has 0 aliphatic rings. The van der Waals surface area contributed by atoms with E-state index in [-0.39, 0.29) is 0 Å². The summed E-state index contributed by atoms with van der Waals surface area (Å²) in [5.74, 6) is 1.30. The molecule has 0 aromatic heterocycles. The van der Waals surface area contributed by atoms with E-state index in [1.54, 1.807) is 12.1 Å². The highest BCUT2D eigenvalue weighted by atomic mass is 16.5. The molecule has 0 atom stereocenters. The largest absolute Gasteiger partial charge is 0.490 e. The summed E-state index contributed by atoms with van der Waals surface area (Å²) in [5, 5.41) is 0. The van der Waals surface area contributed by atoms with E-state index in [9.17, 15) is 4.79 Å². The van der Waals surface area contributed by atoms with Crippen molar-refractivity contribution in [2.24, 2.45) is 0 Å². The second-order valence-electron chi connectivity index (χ2n) is 6.96. The molecule has 0 aliphatic heterocycles. The first-order valence-electron chi connectivity index (χ1n) is 10.8. The number of benzene rings is 1. The molecule has 0 spiro atoms. The van der Waals surface area contributed by atoms with E-state index >= 15 is 0 Å². The van der Waals surface area contributed by atoms with E-state index in [0.29, 0.717) is 42.6 Å².